The van der Waals surface area contributed by atoms with Crippen molar-refractivity contribution in [1.82, 2.24) is 19.8 Å². The number of benzene rings is 2. The molecule has 0 fully saturated rings. The Morgan fingerprint density at radius 1 is 1.11 bits per heavy atom. The van der Waals surface area contributed by atoms with Crippen LogP contribution in [0.15, 0.2) is 48.5 Å². The molecule has 0 saturated heterocycles. The molecule has 1 aliphatic heterocycles. The second-order valence-electron chi connectivity index (χ2n) is 6.17. The van der Waals surface area contributed by atoms with E-state index in [-0.39, 0.29) is 6.10 Å². The molecule has 0 aliphatic carbocycles. The molecule has 27 heavy (non-hydrogen) atoms. The summed E-state index contributed by atoms with van der Waals surface area (Å²) in [6, 6.07) is 15.5. The molecule has 2 aromatic heterocycles. The summed E-state index contributed by atoms with van der Waals surface area (Å²) in [6.07, 6.45) is -0.359. The Hall–Kier alpha value is -3.13. The van der Waals surface area contributed by atoms with E-state index in [1.165, 1.54) is 11.3 Å². The van der Waals surface area contributed by atoms with Crippen LogP contribution in [0.25, 0.3) is 4.96 Å². The third kappa shape index (κ3) is 2.97. The van der Waals surface area contributed by atoms with Crippen LogP contribution in [0.3, 0.4) is 0 Å². The van der Waals surface area contributed by atoms with Gasteiger partial charge in [0.1, 0.15) is 19.0 Å². The number of aryl methyl sites for hydroxylation is 1. The van der Waals surface area contributed by atoms with Crippen molar-refractivity contribution in [2.75, 3.05) is 6.61 Å². The summed E-state index contributed by atoms with van der Waals surface area (Å²) < 4.78 is 19.4. The van der Waals surface area contributed by atoms with Crippen molar-refractivity contribution in [3.8, 4) is 17.2 Å². The quantitative estimate of drug-likeness (QED) is 0.539. The smallest absolute Gasteiger partial charge is 0.234 e. The lowest BCUT2D eigenvalue weighted by Gasteiger charge is -2.24. The molecule has 2 aromatic carbocycles. The van der Waals surface area contributed by atoms with Crippen LogP contribution >= 0.6 is 11.3 Å². The van der Waals surface area contributed by atoms with E-state index >= 15 is 0 Å². The van der Waals surface area contributed by atoms with Crippen LogP contribution in [0.4, 0.5) is 0 Å². The first-order chi connectivity index (χ1) is 13.3. The number of nitrogens with zero attached hydrogens (tertiary/aromatic N) is 4. The van der Waals surface area contributed by atoms with Crippen LogP contribution in [0, 0.1) is 6.92 Å². The van der Waals surface area contributed by atoms with Gasteiger partial charge in [0, 0.05) is 0 Å². The van der Waals surface area contributed by atoms with Crippen molar-refractivity contribution in [2.45, 2.75) is 19.6 Å². The van der Waals surface area contributed by atoms with E-state index in [9.17, 15) is 0 Å². The average Bonchev–Trinajstić information content (AvgIpc) is 3.27. The number of rotatable bonds is 4. The Kier molecular flexibility index (Phi) is 3.90. The van der Waals surface area contributed by atoms with Gasteiger partial charge in [-0.05, 0) is 30.7 Å². The first-order valence-electron chi connectivity index (χ1n) is 8.56. The third-order valence-electron chi connectivity index (χ3n) is 4.30. The van der Waals surface area contributed by atoms with Crippen molar-refractivity contribution >= 4 is 16.3 Å². The van der Waals surface area contributed by atoms with Crippen molar-refractivity contribution in [2.24, 2.45) is 0 Å². The van der Waals surface area contributed by atoms with Crippen LogP contribution in [-0.4, -0.2) is 26.4 Å². The molecular weight excluding hydrogens is 364 g/mol. The van der Waals surface area contributed by atoms with Gasteiger partial charge in [0.15, 0.2) is 28.4 Å². The van der Waals surface area contributed by atoms with Gasteiger partial charge in [0.2, 0.25) is 4.96 Å². The monoisotopic (exact) mass is 380 g/mol. The average molecular weight is 380 g/mol. The predicted molar refractivity (Wildman–Crippen MR) is 99.5 cm³/mol. The highest BCUT2D eigenvalue weighted by atomic mass is 32.1. The Bertz CT molecular complexity index is 1110. The summed E-state index contributed by atoms with van der Waals surface area (Å²) in [7, 11) is 0. The normalized spacial score (nSPS) is 15.8. The van der Waals surface area contributed by atoms with E-state index in [2.05, 4.69) is 15.3 Å². The maximum Gasteiger partial charge on any atom is 0.234 e. The van der Waals surface area contributed by atoms with Crippen LogP contribution < -0.4 is 14.2 Å². The van der Waals surface area contributed by atoms with Gasteiger partial charge in [-0.2, -0.15) is 9.61 Å². The van der Waals surface area contributed by atoms with Crippen molar-refractivity contribution in [1.29, 1.82) is 0 Å². The Morgan fingerprint density at radius 2 is 1.93 bits per heavy atom. The van der Waals surface area contributed by atoms with Crippen LogP contribution in [0.1, 0.15) is 22.5 Å². The summed E-state index contributed by atoms with van der Waals surface area (Å²) >= 11 is 1.45. The van der Waals surface area contributed by atoms with E-state index < -0.39 is 0 Å². The standard InChI is InChI=1S/C19H16N4O3S/c1-12-6-2-3-7-13(12)25-11-17-22-23-18(20-21-19(23)27-17)16-10-24-14-8-4-5-9-15(14)26-16/h2-9,16H,10-11H2,1H3/t16-/m0/s1. The minimum atomic E-state index is -0.359. The predicted octanol–water partition coefficient (Wildman–Crippen LogP) is 3.59. The van der Waals surface area contributed by atoms with E-state index in [4.69, 9.17) is 14.2 Å². The van der Waals surface area contributed by atoms with Gasteiger partial charge in [-0.25, -0.2) is 0 Å². The highest BCUT2D eigenvalue weighted by Crippen LogP contribution is 2.35. The zero-order valence-corrected chi connectivity index (χ0v) is 15.3. The summed E-state index contributed by atoms with van der Waals surface area (Å²) in [6.45, 7) is 2.76. The molecule has 0 unspecified atom stereocenters. The molecule has 1 atom stereocenters. The fourth-order valence-electron chi connectivity index (χ4n) is 2.94. The third-order valence-corrected chi connectivity index (χ3v) is 5.17. The largest absolute Gasteiger partial charge is 0.486 e. The highest BCUT2D eigenvalue weighted by molar-refractivity contribution is 7.16. The molecule has 0 amide bonds. The van der Waals surface area contributed by atoms with Crippen LogP contribution in [0.2, 0.25) is 0 Å². The summed E-state index contributed by atoms with van der Waals surface area (Å²) in [5.74, 6) is 2.91. The molecule has 0 bridgehead atoms. The van der Waals surface area contributed by atoms with Gasteiger partial charge >= 0.3 is 0 Å². The molecule has 0 saturated carbocycles. The second-order valence-corrected chi connectivity index (χ2v) is 7.21. The van der Waals surface area contributed by atoms with Crippen molar-refractivity contribution < 1.29 is 14.2 Å². The minimum Gasteiger partial charge on any atom is -0.486 e. The van der Waals surface area contributed by atoms with Crippen molar-refractivity contribution in [3.63, 3.8) is 0 Å². The number of hydrogen-bond donors (Lipinski definition) is 0. The number of para-hydroxylation sites is 3. The van der Waals surface area contributed by atoms with Gasteiger partial charge in [0.05, 0.1) is 0 Å². The SMILES string of the molecule is Cc1ccccc1OCc1nn2c([C@@H]3COc4ccccc4O3)nnc2s1. The molecular formula is C19H16N4O3S. The highest BCUT2D eigenvalue weighted by Gasteiger charge is 2.28. The number of ether oxygens (including phenoxy) is 3. The second kappa shape index (κ2) is 6.55. The van der Waals surface area contributed by atoms with Crippen LogP contribution in [0.5, 0.6) is 17.2 Å². The fourth-order valence-corrected chi connectivity index (χ4v) is 3.69. The van der Waals surface area contributed by atoms with E-state index in [0.29, 0.717) is 29.7 Å². The first kappa shape index (κ1) is 16.1. The van der Waals surface area contributed by atoms with Gasteiger partial charge < -0.3 is 14.2 Å². The Labute approximate surface area is 159 Å². The molecule has 0 N–H and O–H groups in total. The molecule has 7 nitrogen and oxygen atoms in total. The molecule has 1 aliphatic rings. The van der Waals surface area contributed by atoms with Crippen molar-refractivity contribution in [3.05, 3.63) is 64.9 Å². The number of aromatic nitrogens is 4. The summed E-state index contributed by atoms with van der Waals surface area (Å²) in [4.78, 5) is 0.704. The lowest BCUT2D eigenvalue weighted by molar-refractivity contribution is 0.0835. The zero-order valence-electron chi connectivity index (χ0n) is 14.5. The molecule has 3 heterocycles. The van der Waals surface area contributed by atoms with Gasteiger partial charge in [-0.1, -0.05) is 41.7 Å². The molecule has 5 rings (SSSR count). The molecule has 4 aromatic rings. The first-order valence-corrected chi connectivity index (χ1v) is 9.37. The molecule has 136 valence electrons. The maximum absolute atomic E-state index is 6.02. The maximum atomic E-state index is 6.02. The van der Waals surface area contributed by atoms with E-state index in [1.54, 1.807) is 4.52 Å². The molecule has 8 heteroatoms. The Morgan fingerprint density at radius 3 is 2.81 bits per heavy atom. The lowest BCUT2D eigenvalue weighted by atomic mass is 10.2. The molecule has 0 spiro atoms. The summed E-state index contributed by atoms with van der Waals surface area (Å²) in [5, 5.41) is 13.9. The van der Waals surface area contributed by atoms with Gasteiger partial charge in [-0.15, -0.1) is 10.2 Å². The van der Waals surface area contributed by atoms with Gasteiger partial charge in [-0.3, -0.25) is 0 Å². The topological polar surface area (TPSA) is 70.8 Å². The molecule has 0 radical (unpaired) electrons. The lowest BCUT2D eigenvalue weighted by Crippen LogP contribution is -2.23. The number of fused-ring (bicyclic) bond motifs is 2. The fraction of sp³-hybridized carbons (Fsp3) is 0.211. The minimum absolute atomic E-state index is 0.359. The zero-order chi connectivity index (χ0) is 18.2. The van der Waals surface area contributed by atoms with E-state index in [1.807, 2.05) is 55.5 Å². The summed E-state index contributed by atoms with van der Waals surface area (Å²) in [5.41, 5.74) is 1.09. The Balaban J connectivity index is 1.37. The van der Waals surface area contributed by atoms with Gasteiger partial charge in [0.25, 0.3) is 0 Å². The van der Waals surface area contributed by atoms with Crippen LogP contribution in [-0.2, 0) is 6.61 Å². The van der Waals surface area contributed by atoms with E-state index in [0.717, 1.165) is 22.1 Å². The number of hydrogen-bond acceptors (Lipinski definition) is 7.